The minimum absolute atomic E-state index is 0.0479. The molecule has 5 rings (SSSR count). The number of fused-ring (bicyclic) bond motifs is 3. The molecule has 1 unspecified atom stereocenters. The Morgan fingerprint density at radius 2 is 1.91 bits per heavy atom. The zero-order chi connectivity index (χ0) is 24.7. The van der Waals surface area contributed by atoms with Crippen LogP contribution in [-0.4, -0.2) is 66.5 Å². The molecular formula is C26H34N6O2S. The molecule has 1 aromatic carbocycles. The van der Waals surface area contributed by atoms with Gasteiger partial charge in [0, 0.05) is 51.3 Å². The number of rotatable bonds is 6. The van der Waals surface area contributed by atoms with Crippen LogP contribution in [0, 0.1) is 19.8 Å². The van der Waals surface area contributed by atoms with Gasteiger partial charge in [-0.3, -0.25) is 24.8 Å². The number of carbonyl (C=O) groups excluding carboxylic acids is 2. The van der Waals surface area contributed by atoms with Crippen molar-refractivity contribution < 1.29 is 9.59 Å². The highest BCUT2D eigenvalue weighted by Crippen LogP contribution is 2.37. The van der Waals surface area contributed by atoms with Crippen molar-refractivity contribution in [2.45, 2.75) is 46.8 Å². The van der Waals surface area contributed by atoms with Gasteiger partial charge in [-0.05, 0) is 48.4 Å². The van der Waals surface area contributed by atoms with Crippen molar-refractivity contribution in [2.24, 2.45) is 11.0 Å². The number of nitrogens with zero attached hydrogens (tertiary/aromatic N) is 5. The Kier molecular flexibility index (Phi) is 6.44. The van der Waals surface area contributed by atoms with Crippen LogP contribution in [-0.2, 0) is 4.79 Å². The summed E-state index contributed by atoms with van der Waals surface area (Å²) in [5.74, 6) is 1.37. The van der Waals surface area contributed by atoms with E-state index in [0.29, 0.717) is 25.3 Å². The van der Waals surface area contributed by atoms with Crippen LogP contribution >= 0.6 is 11.3 Å². The summed E-state index contributed by atoms with van der Waals surface area (Å²) in [6.07, 6.45) is 0.627. The van der Waals surface area contributed by atoms with E-state index in [1.165, 1.54) is 28.2 Å². The molecule has 9 heteroatoms. The fourth-order valence-electron chi connectivity index (χ4n) is 5.14. The number of aryl methyl sites for hydroxylation is 2. The minimum Gasteiger partial charge on any atom is -0.368 e. The summed E-state index contributed by atoms with van der Waals surface area (Å²) in [4.78, 5) is 35.2. The van der Waals surface area contributed by atoms with Crippen molar-refractivity contribution in [3.05, 3.63) is 45.6 Å². The van der Waals surface area contributed by atoms with Crippen LogP contribution in [0.25, 0.3) is 0 Å². The normalized spacial score (nSPS) is 19.6. The molecule has 3 aliphatic heterocycles. The average molecular weight is 495 g/mol. The van der Waals surface area contributed by atoms with Crippen LogP contribution in [0.2, 0.25) is 0 Å². The Bertz CT molecular complexity index is 1150. The monoisotopic (exact) mass is 494 g/mol. The lowest BCUT2D eigenvalue weighted by Crippen LogP contribution is -2.59. The highest BCUT2D eigenvalue weighted by atomic mass is 32.1. The first-order valence-corrected chi connectivity index (χ1v) is 13.3. The van der Waals surface area contributed by atoms with Gasteiger partial charge >= 0.3 is 0 Å². The van der Waals surface area contributed by atoms with Gasteiger partial charge in [-0.2, -0.15) is 5.10 Å². The van der Waals surface area contributed by atoms with Crippen molar-refractivity contribution in [3.63, 3.8) is 0 Å². The van der Waals surface area contributed by atoms with Gasteiger partial charge < -0.3 is 9.80 Å². The van der Waals surface area contributed by atoms with E-state index in [1.54, 1.807) is 0 Å². The molecule has 0 radical (unpaired) electrons. The molecule has 186 valence electrons. The third-order valence-corrected chi connectivity index (χ3v) is 7.84. The summed E-state index contributed by atoms with van der Waals surface area (Å²) in [6.45, 7) is 12.3. The number of amides is 2. The second-order valence-corrected chi connectivity index (χ2v) is 11.0. The van der Waals surface area contributed by atoms with Gasteiger partial charge in [0.05, 0.1) is 5.69 Å². The number of hydrazone groups is 1. The first kappa shape index (κ1) is 23.7. The maximum absolute atomic E-state index is 13.1. The molecule has 0 spiro atoms. The van der Waals surface area contributed by atoms with Crippen molar-refractivity contribution in [3.8, 4) is 0 Å². The van der Waals surface area contributed by atoms with Crippen LogP contribution < -0.4 is 15.2 Å². The van der Waals surface area contributed by atoms with Gasteiger partial charge in [0.25, 0.3) is 5.91 Å². The van der Waals surface area contributed by atoms with E-state index in [9.17, 15) is 9.59 Å². The lowest BCUT2D eigenvalue weighted by Gasteiger charge is -2.40. The smallest absolute Gasteiger partial charge is 0.269 e. The van der Waals surface area contributed by atoms with E-state index in [0.717, 1.165) is 42.6 Å². The summed E-state index contributed by atoms with van der Waals surface area (Å²) in [7, 11) is 0. The molecular weight excluding hydrogens is 460 g/mol. The lowest BCUT2D eigenvalue weighted by atomic mass is 10.1. The number of piperazine rings is 1. The summed E-state index contributed by atoms with van der Waals surface area (Å²) in [6, 6.07) is 8.53. The van der Waals surface area contributed by atoms with Crippen LogP contribution in [0.1, 0.15) is 47.5 Å². The molecule has 3 aliphatic rings. The van der Waals surface area contributed by atoms with Gasteiger partial charge in [0.15, 0.2) is 0 Å². The van der Waals surface area contributed by atoms with Gasteiger partial charge in [-0.15, -0.1) is 11.3 Å². The quantitative estimate of drug-likeness (QED) is 0.664. The van der Waals surface area contributed by atoms with Gasteiger partial charge in [0.2, 0.25) is 12.2 Å². The van der Waals surface area contributed by atoms with E-state index in [1.807, 2.05) is 21.2 Å². The zero-order valence-electron chi connectivity index (χ0n) is 21.0. The molecule has 1 fully saturated rings. The molecule has 8 nitrogen and oxygen atoms in total. The Balaban J connectivity index is 1.21. The van der Waals surface area contributed by atoms with E-state index in [-0.39, 0.29) is 18.1 Å². The highest BCUT2D eigenvalue weighted by molar-refractivity contribution is 7.12. The predicted molar refractivity (Wildman–Crippen MR) is 141 cm³/mol. The average Bonchev–Trinajstić information content (AvgIpc) is 3.49. The van der Waals surface area contributed by atoms with Crippen LogP contribution in [0.5, 0.6) is 0 Å². The molecule has 0 aliphatic carbocycles. The first-order chi connectivity index (χ1) is 16.8. The first-order valence-electron chi connectivity index (χ1n) is 12.4. The van der Waals surface area contributed by atoms with Crippen molar-refractivity contribution in [2.75, 3.05) is 42.5 Å². The van der Waals surface area contributed by atoms with Crippen molar-refractivity contribution in [1.29, 1.82) is 0 Å². The van der Waals surface area contributed by atoms with E-state index in [4.69, 9.17) is 0 Å². The Morgan fingerprint density at radius 3 is 2.66 bits per heavy atom. The maximum Gasteiger partial charge on any atom is 0.269 e. The number of nitrogens with one attached hydrogen (secondary N) is 1. The second kappa shape index (κ2) is 9.53. The van der Waals surface area contributed by atoms with Crippen LogP contribution in [0.15, 0.2) is 34.7 Å². The van der Waals surface area contributed by atoms with Gasteiger partial charge in [-0.1, -0.05) is 26.0 Å². The number of hydrogen-bond donors (Lipinski definition) is 1. The fraction of sp³-hybridized carbons (Fsp3) is 0.500. The van der Waals surface area contributed by atoms with Crippen LogP contribution in [0.4, 0.5) is 11.4 Å². The van der Waals surface area contributed by atoms with E-state index < -0.39 is 0 Å². The molecule has 1 atom stereocenters. The highest BCUT2D eigenvalue weighted by Gasteiger charge is 2.43. The largest absolute Gasteiger partial charge is 0.368 e. The Hall–Kier alpha value is -3.07. The van der Waals surface area contributed by atoms with Gasteiger partial charge in [0.1, 0.15) is 10.7 Å². The number of amidine groups is 1. The molecule has 1 N–H and O–H groups in total. The molecule has 2 amide bonds. The van der Waals surface area contributed by atoms with E-state index in [2.05, 4.69) is 66.2 Å². The third kappa shape index (κ3) is 4.49. The number of anilines is 2. The maximum atomic E-state index is 13.1. The minimum atomic E-state index is -0.321. The number of benzene rings is 1. The number of hydrogen-bond acceptors (Lipinski definition) is 7. The second-order valence-electron chi connectivity index (χ2n) is 10.0. The molecule has 0 saturated carbocycles. The summed E-state index contributed by atoms with van der Waals surface area (Å²) < 4.78 is 0. The standard InChI is InChI=1S/C26H34N6O2S/c1-17(2)16-31-25(34)24-20(9-14-35-24)32-22(27-28-26(31)32)7-8-23(33)30-12-10-29(11-13-30)21-15-18(3)5-6-19(21)4/h5-6,9,14-15,17,26,28H,7-8,10-13,16H2,1-4H3. The molecule has 0 bridgehead atoms. The predicted octanol–water partition coefficient (Wildman–Crippen LogP) is 3.61. The molecule has 1 aromatic heterocycles. The number of thiophene rings is 1. The lowest BCUT2D eigenvalue weighted by molar-refractivity contribution is -0.131. The summed E-state index contributed by atoms with van der Waals surface area (Å²) >= 11 is 1.47. The SMILES string of the molecule is Cc1ccc(C)c(N2CCN(C(=O)CCC3=NNC4N(CC(C)C)C(=O)c5sccc5N34)CC2)c1. The fourth-order valence-corrected chi connectivity index (χ4v) is 5.98. The molecule has 4 heterocycles. The molecule has 1 saturated heterocycles. The number of carbonyl (C=O) groups is 2. The molecule has 2 aromatic rings. The van der Waals surface area contributed by atoms with E-state index >= 15 is 0 Å². The van der Waals surface area contributed by atoms with Gasteiger partial charge in [-0.25, -0.2) is 0 Å². The van der Waals surface area contributed by atoms with Crippen molar-refractivity contribution in [1.82, 2.24) is 15.2 Å². The third-order valence-electron chi connectivity index (χ3n) is 6.95. The van der Waals surface area contributed by atoms with Crippen molar-refractivity contribution >= 4 is 40.4 Å². The zero-order valence-corrected chi connectivity index (χ0v) is 21.8. The Morgan fingerprint density at radius 1 is 1.14 bits per heavy atom. The Labute approximate surface area is 211 Å². The van der Waals surface area contributed by atoms with Crippen LogP contribution in [0.3, 0.4) is 0 Å². The summed E-state index contributed by atoms with van der Waals surface area (Å²) in [5.41, 5.74) is 7.85. The molecule has 35 heavy (non-hydrogen) atoms. The summed E-state index contributed by atoms with van der Waals surface area (Å²) in [5, 5.41) is 6.52. The topological polar surface area (TPSA) is 71.5 Å².